The van der Waals surface area contributed by atoms with Gasteiger partial charge in [0.15, 0.2) is 0 Å². The van der Waals surface area contributed by atoms with E-state index in [1.165, 1.54) is 0 Å². The monoisotopic (exact) mass is 291 g/mol. The average Bonchev–Trinajstić information content (AvgIpc) is 2.47. The quantitative estimate of drug-likeness (QED) is 0.719. The molecule has 0 aromatic heterocycles. The van der Waals surface area contributed by atoms with Crippen LogP contribution in [0.2, 0.25) is 0 Å². The first-order chi connectivity index (χ1) is 10.0. The van der Waals surface area contributed by atoms with E-state index in [1.54, 1.807) is 12.1 Å². The number of rotatable bonds is 7. The largest absolute Gasteiger partial charge is 0.352 e. The van der Waals surface area contributed by atoms with Gasteiger partial charge in [0.05, 0.1) is 5.92 Å². The van der Waals surface area contributed by atoms with Gasteiger partial charge >= 0.3 is 0 Å². The predicted molar refractivity (Wildman–Crippen MR) is 85.3 cm³/mol. The number of aryl methyl sites for hydroxylation is 1. The first-order valence-corrected chi connectivity index (χ1v) is 7.43. The number of hydrogen-bond acceptors (Lipinski definition) is 3. The summed E-state index contributed by atoms with van der Waals surface area (Å²) in [7, 11) is 0. The van der Waals surface area contributed by atoms with E-state index in [0.29, 0.717) is 24.3 Å². The molecule has 1 atom stereocenters. The van der Waals surface area contributed by atoms with E-state index in [9.17, 15) is 9.59 Å². The molecule has 1 aromatic rings. The second-order valence-corrected chi connectivity index (χ2v) is 5.10. The summed E-state index contributed by atoms with van der Waals surface area (Å²) in [4.78, 5) is 24.0. The number of anilines is 1. The second kappa shape index (κ2) is 8.42. The molecule has 4 N–H and O–H groups in total. The van der Waals surface area contributed by atoms with Crippen molar-refractivity contribution in [1.29, 1.82) is 0 Å². The molecule has 0 aliphatic carbocycles. The summed E-state index contributed by atoms with van der Waals surface area (Å²) in [5.41, 5.74) is 7.77. The van der Waals surface area contributed by atoms with Crippen molar-refractivity contribution in [2.45, 2.75) is 33.6 Å². The molecule has 0 saturated carbocycles. The highest BCUT2D eigenvalue weighted by molar-refractivity contribution is 5.98. The first-order valence-electron chi connectivity index (χ1n) is 7.43. The minimum absolute atomic E-state index is 0.0875. The summed E-state index contributed by atoms with van der Waals surface area (Å²) < 4.78 is 0. The Morgan fingerprint density at radius 1 is 1.29 bits per heavy atom. The molecule has 1 aromatic carbocycles. The van der Waals surface area contributed by atoms with Crippen molar-refractivity contribution in [1.82, 2.24) is 5.32 Å². The van der Waals surface area contributed by atoms with Crippen molar-refractivity contribution in [3.63, 3.8) is 0 Å². The molecule has 1 unspecified atom stereocenters. The zero-order valence-electron chi connectivity index (χ0n) is 13.0. The highest BCUT2D eigenvalue weighted by Gasteiger charge is 2.17. The van der Waals surface area contributed by atoms with Crippen molar-refractivity contribution in [2.24, 2.45) is 11.7 Å². The van der Waals surface area contributed by atoms with E-state index < -0.39 is 0 Å². The summed E-state index contributed by atoms with van der Waals surface area (Å²) in [6, 6.07) is 5.29. The van der Waals surface area contributed by atoms with Gasteiger partial charge in [-0.2, -0.15) is 0 Å². The number of hydrogen-bond donors (Lipinski definition) is 3. The molecule has 0 saturated heterocycles. The summed E-state index contributed by atoms with van der Waals surface area (Å²) in [6.45, 7) is 6.69. The normalized spacial score (nSPS) is 11.8. The third-order valence-electron chi connectivity index (χ3n) is 3.39. The third kappa shape index (κ3) is 4.86. The predicted octanol–water partition coefficient (Wildman–Crippen LogP) is 2.06. The van der Waals surface area contributed by atoms with Gasteiger partial charge < -0.3 is 16.4 Å². The Morgan fingerprint density at radius 2 is 2.00 bits per heavy atom. The maximum absolute atomic E-state index is 12.2. The summed E-state index contributed by atoms with van der Waals surface area (Å²) in [6.07, 6.45) is 1.67. The lowest BCUT2D eigenvalue weighted by molar-refractivity contribution is -0.119. The average molecular weight is 291 g/mol. The molecule has 0 heterocycles. The topological polar surface area (TPSA) is 84.2 Å². The van der Waals surface area contributed by atoms with Crippen LogP contribution in [0.4, 0.5) is 5.69 Å². The molecule has 2 amide bonds. The number of carbonyl (C=O) groups is 2. The van der Waals surface area contributed by atoms with Crippen LogP contribution in [0.3, 0.4) is 0 Å². The summed E-state index contributed by atoms with van der Waals surface area (Å²) in [5.74, 6) is -0.421. The molecule has 116 valence electrons. The van der Waals surface area contributed by atoms with Crippen LogP contribution in [0, 0.1) is 12.8 Å². The van der Waals surface area contributed by atoms with Crippen LogP contribution in [-0.2, 0) is 4.79 Å². The van der Waals surface area contributed by atoms with Gasteiger partial charge in [-0.3, -0.25) is 9.59 Å². The smallest absolute Gasteiger partial charge is 0.251 e. The van der Waals surface area contributed by atoms with Crippen molar-refractivity contribution >= 4 is 17.5 Å². The number of amides is 2. The maximum Gasteiger partial charge on any atom is 0.251 e. The lowest BCUT2D eigenvalue weighted by Crippen LogP contribution is -2.29. The minimum atomic E-state index is -0.192. The molecule has 0 aliphatic rings. The molecule has 0 radical (unpaired) electrons. The Morgan fingerprint density at radius 3 is 2.57 bits per heavy atom. The van der Waals surface area contributed by atoms with E-state index in [2.05, 4.69) is 10.6 Å². The zero-order valence-corrected chi connectivity index (χ0v) is 13.0. The summed E-state index contributed by atoms with van der Waals surface area (Å²) >= 11 is 0. The van der Waals surface area contributed by atoms with Crippen molar-refractivity contribution in [2.75, 3.05) is 18.4 Å². The fourth-order valence-electron chi connectivity index (χ4n) is 2.10. The molecule has 5 heteroatoms. The van der Waals surface area contributed by atoms with Gasteiger partial charge in [-0.15, -0.1) is 0 Å². The van der Waals surface area contributed by atoms with Crippen LogP contribution in [0.25, 0.3) is 0 Å². The number of nitrogens with two attached hydrogens (primary N) is 1. The molecule has 0 bridgehead atoms. The van der Waals surface area contributed by atoms with Crippen molar-refractivity contribution < 1.29 is 9.59 Å². The molecule has 5 nitrogen and oxygen atoms in total. The van der Waals surface area contributed by atoms with Crippen LogP contribution in [0.15, 0.2) is 18.2 Å². The Kier molecular flexibility index (Phi) is 6.88. The highest BCUT2D eigenvalue weighted by Crippen LogP contribution is 2.18. The van der Waals surface area contributed by atoms with Gasteiger partial charge in [-0.1, -0.05) is 19.4 Å². The molecule has 0 fully saturated rings. The lowest BCUT2D eigenvalue weighted by Gasteiger charge is -2.16. The number of nitrogens with one attached hydrogen (secondary N) is 2. The summed E-state index contributed by atoms with van der Waals surface area (Å²) in [5, 5.41) is 5.63. The van der Waals surface area contributed by atoms with E-state index in [-0.39, 0.29) is 17.7 Å². The standard InChI is InChI=1S/C16H25N3O2/c1-4-6-13(10-17)16(21)19-14-9-12(8-7-11(14)3)15(20)18-5-2/h7-9,13H,4-6,10,17H2,1-3H3,(H,18,20)(H,19,21). The number of carbonyl (C=O) groups excluding carboxylic acids is 2. The number of benzene rings is 1. The minimum Gasteiger partial charge on any atom is -0.352 e. The van der Waals surface area contributed by atoms with Gasteiger partial charge in [-0.25, -0.2) is 0 Å². The van der Waals surface area contributed by atoms with E-state index in [1.807, 2.05) is 26.8 Å². The highest BCUT2D eigenvalue weighted by atomic mass is 16.2. The molecule has 21 heavy (non-hydrogen) atoms. The van der Waals surface area contributed by atoms with Crippen LogP contribution in [0.1, 0.15) is 42.6 Å². The second-order valence-electron chi connectivity index (χ2n) is 5.10. The fraction of sp³-hybridized carbons (Fsp3) is 0.500. The van der Waals surface area contributed by atoms with Gasteiger partial charge in [0.25, 0.3) is 5.91 Å². The maximum atomic E-state index is 12.2. The third-order valence-corrected chi connectivity index (χ3v) is 3.39. The van der Waals surface area contributed by atoms with Crippen LogP contribution < -0.4 is 16.4 Å². The SMILES string of the molecule is CCCC(CN)C(=O)Nc1cc(C(=O)NCC)ccc1C. The van der Waals surface area contributed by atoms with Crippen LogP contribution >= 0.6 is 0 Å². The molecular formula is C16H25N3O2. The van der Waals surface area contributed by atoms with Crippen molar-refractivity contribution in [3.05, 3.63) is 29.3 Å². The van der Waals surface area contributed by atoms with Crippen LogP contribution in [-0.4, -0.2) is 24.9 Å². The fourth-order valence-corrected chi connectivity index (χ4v) is 2.10. The Labute approximate surface area is 126 Å². The zero-order chi connectivity index (χ0) is 15.8. The Hall–Kier alpha value is -1.88. The van der Waals surface area contributed by atoms with Gasteiger partial charge in [0.1, 0.15) is 0 Å². The Bertz CT molecular complexity index is 500. The first kappa shape index (κ1) is 17.2. The molecule has 0 spiro atoms. The van der Waals surface area contributed by atoms with Gasteiger partial charge in [0.2, 0.25) is 5.91 Å². The van der Waals surface area contributed by atoms with E-state index >= 15 is 0 Å². The van der Waals surface area contributed by atoms with Crippen LogP contribution in [0.5, 0.6) is 0 Å². The van der Waals surface area contributed by atoms with E-state index in [4.69, 9.17) is 5.73 Å². The van der Waals surface area contributed by atoms with Gasteiger partial charge in [-0.05, 0) is 38.0 Å². The Balaban J connectivity index is 2.89. The lowest BCUT2D eigenvalue weighted by atomic mass is 10.0. The molecule has 0 aliphatic heterocycles. The van der Waals surface area contributed by atoms with Crippen molar-refractivity contribution in [3.8, 4) is 0 Å². The molecule has 1 rings (SSSR count). The molecular weight excluding hydrogens is 266 g/mol. The van der Waals surface area contributed by atoms with E-state index in [0.717, 1.165) is 18.4 Å². The van der Waals surface area contributed by atoms with Gasteiger partial charge in [0, 0.05) is 24.3 Å².